The van der Waals surface area contributed by atoms with Crippen molar-refractivity contribution >= 4 is 0 Å². The second-order valence-electron chi connectivity index (χ2n) is 4.99. The highest BCUT2D eigenvalue weighted by molar-refractivity contribution is 5.14. The molecule has 2 aliphatic carbocycles. The summed E-state index contributed by atoms with van der Waals surface area (Å²) in [6, 6.07) is 0. The fraction of sp³-hybridized carbons (Fsp3) is 0.500. The number of hydrogen-bond acceptors (Lipinski definition) is 1. The Balaban J connectivity index is 1.66. The van der Waals surface area contributed by atoms with Crippen LogP contribution in [0, 0.1) is 11.8 Å². The summed E-state index contributed by atoms with van der Waals surface area (Å²) in [5.41, 5.74) is 1.40. The highest BCUT2D eigenvalue weighted by Gasteiger charge is 2.22. The second kappa shape index (κ2) is 4.28. The van der Waals surface area contributed by atoms with Crippen LogP contribution in [0.1, 0.15) is 25.0 Å². The first kappa shape index (κ1) is 9.88. The van der Waals surface area contributed by atoms with Crippen molar-refractivity contribution in [2.75, 3.05) is 0 Å². The van der Waals surface area contributed by atoms with Crippen LogP contribution in [0.5, 0.6) is 0 Å². The Labute approximate surface area is 96.7 Å². The molecule has 0 N–H and O–H groups in total. The van der Waals surface area contributed by atoms with Crippen LogP contribution in [0.2, 0.25) is 0 Å². The van der Waals surface area contributed by atoms with Crippen molar-refractivity contribution in [1.29, 1.82) is 0 Å². The van der Waals surface area contributed by atoms with Gasteiger partial charge < -0.3 is 4.57 Å². The lowest BCUT2D eigenvalue weighted by molar-refractivity contribution is 0.563. The molecular formula is C14H18N2. The van der Waals surface area contributed by atoms with E-state index in [0.717, 1.165) is 12.3 Å². The van der Waals surface area contributed by atoms with Crippen LogP contribution in [-0.4, -0.2) is 9.55 Å². The van der Waals surface area contributed by atoms with Crippen molar-refractivity contribution in [1.82, 2.24) is 9.55 Å². The molecule has 3 rings (SSSR count). The van der Waals surface area contributed by atoms with Crippen LogP contribution in [0.15, 0.2) is 36.8 Å². The van der Waals surface area contributed by atoms with Crippen LogP contribution in [0.25, 0.3) is 0 Å². The van der Waals surface area contributed by atoms with E-state index in [4.69, 9.17) is 0 Å². The zero-order chi connectivity index (χ0) is 10.8. The molecule has 1 unspecified atom stereocenters. The molecule has 2 aliphatic rings. The van der Waals surface area contributed by atoms with E-state index in [9.17, 15) is 0 Å². The summed E-state index contributed by atoms with van der Waals surface area (Å²) < 4.78 is 2.35. The molecule has 1 fully saturated rings. The van der Waals surface area contributed by atoms with Gasteiger partial charge in [0, 0.05) is 18.4 Å². The SMILES string of the molecule is C1=CCC(Cc2cncn2CC2CC2)C=C1. The molecule has 16 heavy (non-hydrogen) atoms. The molecule has 1 saturated carbocycles. The zero-order valence-electron chi connectivity index (χ0n) is 9.55. The quantitative estimate of drug-likeness (QED) is 0.753. The van der Waals surface area contributed by atoms with Gasteiger partial charge in [0.25, 0.3) is 0 Å². The Morgan fingerprint density at radius 3 is 3.00 bits per heavy atom. The molecule has 0 aromatic carbocycles. The number of imidazole rings is 1. The van der Waals surface area contributed by atoms with Crippen molar-refractivity contribution in [3.8, 4) is 0 Å². The fourth-order valence-corrected chi connectivity index (χ4v) is 2.31. The lowest BCUT2D eigenvalue weighted by Gasteiger charge is -2.14. The van der Waals surface area contributed by atoms with Crippen molar-refractivity contribution < 1.29 is 0 Å². The van der Waals surface area contributed by atoms with Gasteiger partial charge in [0.1, 0.15) is 0 Å². The summed E-state index contributed by atoms with van der Waals surface area (Å²) in [5.74, 6) is 1.59. The summed E-state index contributed by atoms with van der Waals surface area (Å²) in [5, 5.41) is 0. The van der Waals surface area contributed by atoms with E-state index < -0.39 is 0 Å². The Hall–Kier alpha value is -1.31. The van der Waals surface area contributed by atoms with Gasteiger partial charge in [-0.05, 0) is 37.5 Å². The predicted octanol–water partition coefficient (Wildman–Crippen LogP) is 2.97. The van der Waals surface area contributed by atoms with Crippen molar-refractivity contribution in [3.05, 3.63) is 42.5 Å². The summed E-state index contributed by atoms with van der Waals surface area (Å²) in [4.78, 5) is 4.29. The van der Waals surface area contributed by atoms with Crippen LogP contribution in [0.4, 0.5) is 0 Å². The number of hydrogen-bond donors (Lipinski definition) is 0. The second-order valence-corrected chi connectivity index (χ2v) is 4.99. The summed E-state index contributed by atoms with van der Waals surface area (Å²) >= 11 is 0. The lowest BCUT2D eigenvalue weighted by atomic mass is 9.96. The van der Waals surface area contributed by atoms with Crippen LogP contribution < -0.4 is 0 Å². The van der Waals surface area contributed by atoms with Crippen molar-refractivity contribution in [3.63, 3.8) is 0 Å². The highest BCUT2D eigenvalue weighted by atomic mass is 15.0. The average molecular weight is 214 g/mol. The standard InChI is InChI=1S/C14H18N2/c1-2-4-12(5-3-1)8-14-9-15-11-16(14)10-13-6-7-13/h1-4,9,11-13H,5-8,10H2. The Morgan fingerprint density at radius 2 is 2.25 bits per heavy atom. The third-order valence-corrected chi connectivity index (χ3v) is 3.49. The minimum absolute atomic E-state index is 0.666. The van der Waals surface area contributed by atoms with Gasteiger partial charge in [-0.2, -0.15) is 0 Å². The van der Waals surface area contributed by atoms with E-state index in [0.29, 0.717) is 5.92 Å². The molecule has 0 radical (unpaired) electrons. The summed E-state index contributed by atoms with van der Waals surface area (Å²) in [7, 11) is 0. The molecule has 0 saturated heterocycles. The van der Waals surface area contributed by atoms with Crippen LogP contribution in [0.3, 0.4) is 0 Å². The molecule has 0 aliphatic heterocycles. The number of aromatic nitrogens is 2. The van der Waals surface area contributed by atoms with Gasteiger partial charge in [0.15, 0.2) is 0 Å². The first-order valence-corrected chi connectivity index (χ1v) is 6.24. The maximum Gasteiger partial charge on any atom is 0.0948 e. The van der Waals surface area contributed by atoms with Crippen molar-refractivity contribution in [2.45, 2.75) is 32.2 Å². The minimum Gasteiger partial charge on any atom is -0.334 e. The van der Waals surface area contributed by atoms with Gasteiger partial charge in [0.2, 0.25) is 0 Å². The molecule has 0 spiro atoms. The Morgan fingerprint density at radius 1 is 1.31 bits per heavy atom. The Kier molecular flexibility index (Phi) is 2.65. The van der Waals surface area contributed by atoms with E-state index in [1.165, 1.54) is 31.5 Å². The molecule has 0 bridgehead atoms. The van der Waals surface area contributed by atoms with Crippen LogP contribution in [-0.2, 0) is 13.0 Å². The first-order valence-electron chi connectivity index (χ1n) is 6.24. The lowest BCUT2D eigenvalue weighted by Crippen LogP contribution is -2.09. The van der Waals surface area contributed by atoms with E-state index in [1.807, 2.05) is 12.5 Å². The molecule has 1 atom stereocenters. The van der Waals surface area contributed by atoms with Crippen molar-refractivity contribution in [2.24, 2.45) is 11.8 Å². The number of allylic oxidation sites excluding steroid dienone is 4. The molecule has 1 heterocycles. The molecule has 2 heteroatoms. The van der Waals surface area contributed by atoms with Gasteiger partial charge in [-0.25, -0.2) is 4.98 Å². The molecule has 1 aromatic rings. The van der Waals surface area contributed by atoms with Gasteiger partial charge in [0.05, 0.1) is 6.33 Å². The van der Waals surface area contributed by atoms with E-state index >= 15 is 0 Å². The third-order valence-electron chi connectivity index (χ3n) is 3.49. The highest BCUT2D eigenvalue weighted by Crippen LogP contribution is 2.31. The summed E-state index contributed by atoms with van der Waals surface area (Å²) in [6.45, 7) is 1.18. The van der Waals surface area contributed by atoms with E-state index in [1.54, 1.807) is 0 Å². The van der Waals surface area contributed by atoms with Gasteiger partial charge in [-0.3, -0.25) is 0 Å². The Bertz CT molecular complexity index is 410. The first-order chi connectivity index (χ1) is 7.92. The largest absolute Gasteiger partial charge is 0.334 e. The van der Waals surface area contributed by atoms with Gasteiger partial charge in [-0.1, -0.05) is 24.3 Å². The van der Waals surface area contributed by atoms with Gasteiger partial charge >= 0.3 is 0 Å². The topological polar surface area (TPSA) is 17.8 Å². The minimum atomic E-state index is 0.666. The summed E-state index contributed by atoms with van der Waals surface area (Å²) in [6.07, 6.45) is 18.0. The fourth-order valence-electron chi connectivity index (χ4n) is 2.31. The molecule has 84 valence electrons. The molecular weight excluding hydrogens is 196 g/mol. The molecule has 0 amide bonds. The predicted molar refractivity (Wildman–Crippen MR) is 65.0 cm³/mol. The third kappa shape index (κ3) is 2.26. The number of rotatable bonds is 4. The average Bonchev–Trinajstić information content (AvgIpc) is 3.02. The molecule has 2 nitrogen and oxygen atoms in total. The van der Waals surface area contributed by atoms with E-state index in [-0.39, 0.29) is 0 Å². The maximum atomic E-state index is 4.29. The van der Waals surface area contributed by atoms with Crippen LogP contribution >= 0.6 is 0 Å². The molecule has 1 aromatic heterocycles. The smallest absolute Gasteiger partial charge is 0.0948 e. The van der Waals surface area contributed by atoms with Gasteiger partial charge in [-0.15, -0.1) is 0 Å². The zero-order valence-corrected chi connectivity index (χ0v) is 9.55. The monoisotopic (exact) mass is 214 g/mol. The normalized spacial score (nSPS) is 23.9. The maximum absolute atomic E-state index is 4.29. The van der Waals surface area contributed by atoms with E-state index in [2.05, 4.69) is 33.9 Å². The number of nitrogens with zero attached hydrogens (tertiary/aromatic N) is 2.